The van der Waals surface area contributed by atoms with Crippen molar-refractivity contribution in [2.75, 3.05) is 18.0 Å². The maximum Gasteiger partial charge on any atom is 0.266 e. The second kappa shape index (κ2) is 7.98. The number of unbranched alkanes of at least 4 members (excludes halogenated alkanes) is 1. The highest BCUT2D eigenvalue weighted by molar-refractivity contribution is 8.26. The van der Waals surface area contributed by atoms with Gasteiger partial charge < -0.3 is 4.90 Å². The van der Waals surface area contributed by atoms with Gasteiger partial charge in [0.05, 0.1) is 15.6 Å². The first kappa shape index (κ1) is 18.5. The highest BCUT2D eigenvalue weighted by atomic mass is 32.2. The summed E-state index contributed by atoms with van der Waals surface area (Å²) in [5.74, 6) is 0.0414. The third-order valence-corrected chi connectivity index (χ3v) is 6.70. The molecule has 1 aromatic rings. The Labute approximate surface area is 163 Å². The van der Waals surface area contributed by atoms with Crippen LogP contribution in [0.15, 0.2) is 45.2 Å². The Kier molecular flexibility index (Phi) is 5.92. The summed E-state index contributed by atoms with van der Waals surface area (Å²) in [6.45, 7) is 8.00. The van der Waals surface area contributed by atoms with Crippen molar-refractivity contribution in [2.24, 2.45) is 0 Å². The van der Waals surface area contributed by atoms with Gasteiger partial charge in [-0.25, -0.2) is 0 Å². The molecule has 1 saturated heterocycles. The summed E-state index contributed by atoms with van der Waals surface area (Å²) in [6.07, 6.45) is 6.01. The van der Waals surface area contributed by atoms with Gasteiger partial charge in [0.2, 0.25) is 0 Å². The minimum Gasteiger partial charge on any atom is -0.335 e. The number of aryl methyl sites for hydroxylation is 1. The van der Waals surface area contributed by atoms with Crippen LogP contribution < -0.4 is 4.90 Å². The van der Waals surface area contributed by atoms with E-state index in [0.717, 1.165) is 35.9 Å². The van der Waals surface area contributed by atoms with Gasteiger partial charge in [0.1, 0.15) is 4.32 Å². The van der Waals surface area contributed by atoms with Crippen LogP contribution in [-0.2, 0) is 4.79 Å². The number of thioether (sulfide) groups is 2. The molecule has 0 N–H and O–H groups in total. The van der Waals surface area contributed by atoms with Gasteiger partial charge in [0, 0.05) is 18.0 Å². The zero-order chi connectivity index (χ0) is 18.0. The molecule has 0 atom stereocenters. The summed E-state index contributed by atoms with van der Waals surface area (Å²) >= 11 is 8.53. The van der Waals surface area contributed by atoms with E-state index in [4.69, 9.17) is 12.2 Å². The van der Waals surface area contributed by atoms with Gasteiger partial charge >= 0.3 is 0 Å². The molecule has 3 rings (SSSR count). The zero-order valence-corrected chi connectivity index (χ0v) is 17.2. The quantitative estimate of drug-likeness (QED) is 0.501. The number of allylic oxidation sites excluding steroid dienone is 2. The van der Waals surface area contributed by atoms with Gasteiger partial charge in [-0.15, -0.1) is 0 Å². The molecule has 1 aromatic carbocycles. The number of anilines is 1. The monoisotopic (exact) mass is 390 g/mol. The predicted molar refractivity (Wildman–Crippen MR) is 113 cm³/mol. The van der Waals surface area contributed by atoms with Crippen LogP contribution in [0.4, 0.5) is 5.69 Å². The summed E-state index contributed by atoms with van der Waals surface area (Å²) in [5, 5.41) is 1.15. The van der Waals surface area contributed by atoms with E-state index in [0.29, 0.717) is 4.32 Å². The van der Waals surface area contributed by atoms with Crippen molar-refractivity contribution < 1.29 is 4.79 Å². The Balaban J connectivity index is 1.81. The topological polar surface area (TPSA) is 23.6 Å². The number of hydrogen-bond acceptors (Lipinski definition) is 5. The van der Waals surface area contributed by atoms with Gasteiger partial charge in [-0.2, -0.15) is 0 Å². The van der Waals surface area contributed by atoms with Crippen LogP contribution in [0.2, 0.25) is 0 Å². The Morgan fingerprint density at radius 2 is 1.96 bits per heavy atom. The average Bonchev–Trinajstić information content (AvgIpc) is 3.07. The number of thiocarbonyl (C=S) groups is 1. The smallest absolute Gasteiger partial charge is 0.266 e. The van der Waals surface area contributed by atoms with Crippen LogP contribution >= 0.6 is 35.7 Å². The SMILES string of the molecule is CCCCN1C(=O)C(=CC=C2Sc3cc(C)ccc3N2CC)SC1=S. The molecule has 0 aromatic heterocycles. The van der Waals surface area contributed by atoms with Crippen molar-refractivity contribution in [3.8, 4) is 0 Å². The van der Waals surface area contributed by atoms with Crippen LogP contribution in [0.3, 0.4) is 0 Å². The number of fused-ring (bicyclic) bond motifs is 1. The minimum absolute atomic E-state index is 0.0414. The molecule has 0 bridgehead atoms. The van der Waals surface area contributed by atoms with Gasteiger partial charge in [0.25, 0.3) is 5.91 Å². The summed E-state index contributed by atoms with van der Waals surface area (Å²) < 4.78 is 0.674. The summed E-state index contributed by atoms with van der Waals surface area (Å²) in [7, 11) is 0. The molecule has 2 heterocycles. The third kappa shape index (κ3) is 3.81. The van der Waals surface area contributed by atoms with Gasteiger partial charge in [-0.3, -0.25) is 9.69 Å². The number of benzene rings is 1. The zero-order valence-electron chi connectivity index (χ0n) is 14.7. The molecule has 0 saturated carbocycles. The number of amides is 1. The van der Waals surface area contributed by atoms with E-state index in [2.05, 4.69) is 49.9 Å². The first-order valence-electron chi connectivity index (χ1n) is 8.56. The summed E-state index contributed by atoms with van der Waals surface area (Å²) in [5.41, 5.74) is 2.51. The largest absolute Gasteiger partial charge is 0.335 e. The lowest BCUT2D eigenvalue weighted by Gasteiger charge is -2.17. The molecule has 25 heavy (non-hydrogen) atoms. The molecular formula is C19H22N2OS3. The second-order valence-corrected chi connectivity index (χ2v) is 8.77. The molecule has 6 heteroatoms. The fraction of sp³-hybridized carbons (Fsp3) is 0.368. The highest BCUT2D eigenvalue weighted by Crippen LogP contribution is 2.46. The molecule has 132 valence electrons. The van der Waals surface area contributed by atoms with Crippen molar-refractivity contribution in [2.45, 2.75) is 38.5 Å². The molecule has 0 radical (unpaired) electrons. The normalized spacial score (nSPS) is 20.3. The maximum absolute atomic E-state index is 12.5. The van der Waals surface area contributed by atoms with Crippen LogP contribution in [0.1, 0.15) is 32.3 Å². The van der Waals surface area contributed by atoms with E-state index in [1.54, 1.807) is 16.7 Å². The Morgan fingerprint density at radius 1 is 1.16 bits per heavy atom. The Morgan fingerprint density at radius 3 is 2.68 bits per heavy atom. The molecule has 1 fully saturated rings. The van der Waals surface area contributed by atoms with E-state index < -0.39 is 0 Å². The van der Waals surface area contributed by atoms with Crippen LogP contribution in [0.25, 0.3) is 0 Å². The van der Waals surface area contributed by atoms with E-state index in [1.165, 1.54) is 27.9 Å². The van der Waals surface area contributed by atoms with Gasteiger partial charge in [-0.05, 0) is 50.1 Å². The molecule has 0 aliphatic carbocycles. The fourth-order valence-corrected chi connectivity index (χ4v) is 5.31. The number of carbonyl (C=O) groups is 1. The fourth-order valence-electron chi connectivity index (χ4n) is 2.83. The minimum atomic E-state index is 0.0414. The van der Waals surface area contributed by atoms with Gasteiger partial charge in [-0.1, -0.05) is 55.2 Å². The lowest BCUT2D eigenvalue weighted by molar-refractivity contribution is -0.122. The van der Waals surface area contributed by atoms with E-state index in [-0.39, 0.29) is 5.91 Å². The summed E-state index contributed by atoms with van der Waals surface area (Å²) in [4.78, 5) is 18.5. The van der Waals surface area contributed by atoms with Crippen molar-refractivity contribution in [3.63, 3.8) is 0 Å². The lowest BCUT2D eigenvalue weighted by atomic mass is 10.2. The van der Waals surface area contributed by atoms with Crippen molar-refractivity contribution in [1.29, 1.82) is 0 Å². The standard InChI is InChI=1S/C19H22N2OS3/c1-4-6-11-21-18(22)15(25-19(21)23)9-10-17-20(5-2)14-8-7-13(3)12-16(14)24-17/h7-10,12H,4-6,11H2,1-3H3. The highest BCUT2D eigenvalue weighted by Gasteiger charge is 2.31. The van der Waals surface area contributed by atoms with Crippen molar-refractivity contribution in [1.82, 2.24) is 4.90 Å². The van der Waals surface area contributed by atoms with Crippen LogP contribution in [0, 0.1) is 6.92 Å². The molecular weight excluding hydrogens is 368 g/mol. The molecule has 0 spiro atoms. The molecule has 0 unspecified atom stereocenters. The van der Waals surface area contributed by atoms with E-state index >= 15 is 0 Å². The first-order chi connectivity index (χ1) is 12.0. The molecule has 3 nitrogen and oxygen atoms in total. The van der Waals surface area contributed by atoms with Crippen LogP contribution in [-0.4, -0.2) is 28.2 Å². The summed E-state index contributed by atoms with van der Waals surface area (Å²) in [6, 6.07) is 6.53. The second-order valence-electron chi connectivity index (χ2n) is 6.03. The van der Waals surface area contributed by atoms with Crippen molar-refractivity contribution in [3.05, 3.63) is 45.8 Å². The van der Waals surface area contributed by atoms with E-state index in [1.807, 2.05) is 6.08 Å². The molecule has 2 aliphatic rings. The molecule has 1 amide bonds. The Bertz CT molecular complexity index is 770. The number of nitrogens with zero attached hydrogens (tertiary/aromatic N) is 2. The lowest BCUT2D eigenvalue weighted by Crippen LogP contribution is -2.28. The third-order valence-electron chi connectivity index (χ3n) is 4.19. The van der Waals surface area contributed by atoms with Gasteiger partial charge in [0.15, 0.2) is 0 Å². The van der Waals surface area contributed by atoms with Crippen LogP contribution in [0.5, 0.6) is 0 Å². The number of rotatable bonds is 5. The molecule has 2 aliphatic heterocycles. The maximum atomic E-state index is 12.5. The number of carbonyl (C=O) groups excluding carboxylic acids is 1. The number of hydrogen-bond donors (Lipinski definition) is 0. The average molecular weight is 391 g/mol. The predicted octanol–water partition coefficient (Wildman–Crippen LogP) is 5.31. The van der Waals surface area contributed by atoms with Crippen molar-refractivity contribution >= 4 is 51.7 Å². The Hall–Kier alpha value is -1.24. The first-order valence-corrected chi connectivity index (χ1v) is 10.6. The van der Waals surface area contributed by atoms with E-state index in [9.17, 15) is 4.79 Å².